The van der Waals surface area contributed by atoms with E-state index in [4.69, 9.17) is 5.73 Å². The molecule has 1 fully saturated rings. The van der Waals surface area contributed by atoms with E-state index in [1.165, 1.54) is 0 Å². The molecule has 6 rings (SSSR count). The number of nitrogens with one attached hydrogen (secondary N) is 2. The average Bonchev–Trinajstić information content (AvgIpc) is 3.37. The van der Waals surface area contributed by atoms with E-state index in [0.29, 0.717) is 41.1 Å². The summed E-state index contributed by atoms with van der Waals surface area (Å²) in [6.45, 7) is 5.01. The van der Waals surface area contributed by atoms with Crippen molar-refractivity contribution in [2.75, 3.05) is 38.5 Å². The van der Waals surface area contributed by atoms with Gasteiger partial charge in [-0.15, -0.1) is 0 Å². The van der Waals surface area contributed by atoms with Crippen LogP contribution in [0.2, 0.25) is 0 Å². The molecular formula is C33H32N6O3. The molecule has 3 amide bonds. The number of fused-ring (bicyclic) bond motifs is 3. The van der Waals surface area contributed by atoms with Crippen molar-refractivity contribution in [3.8, 4) is 11.1 Å². The number of likely N-dealkylation sites (N-methyl/N-ethyl adjacent to an activating group) is 1. The Bertz CT molecular complexity index is 1840. The first-order valence-corrected chi connectivity index (χ1v) is 14.0. The van der Waals surface area contributed by atoms with E-state index in [1.807, 2.05) is 72.5 Å². The third-order valence-corrected chi connectivity index (χ3v) is 8.02. The van der Waals surface area contributed by atoms with Gasteiger partial charge in [0.15, 0.2) is 0 Å². The molecule has 0 saturated carbocycles. The van der Waals surface area contributed by atoms with E-state index < -0.39 is 5.91 Å². The molecule has 0 atom stereocenters. The van der Waals surface area contributed by atoms with Crippen LogP contribution < -0.4 is 11.1 Å². The molecule has 0 bridgehead atoms. The van der Waals surface area contributed by atoms with Crippen molar-refractivity contribution >= 4 is 45.2 Å². The van der Waals surface area contributed by atoms with Crippen molar-refractivity contribution in [1.29, 1.82) is 0 Å². The maximum absolute atomic E-state index is 13.3. The monoisotopic (exact) mass is 560 g/mol. The summed E-state index contributed by atoms with van der Waals surface area (Å²) >= 11 is 0. The minimum Gasteiger partial charge on any atom is -0.366 e. The van der Waals surface area contributed by atoms with E-state index in [1.54, 1.807) is 12.3 Å². The zero-order chi connectivity index (χ0) is 29.4. The van der Waals surface area contributed by atoms with Crippen LogP contribution in [-0.2, 0) is 11.2 Å². The van der Waals surface area contributed by atoms with E-state index in [0.717, 1.165) is 46.1 Å². The predicted molar refractivity (Wildman–Crippen MR) is 164 cm³/mol. The van der Waals surface area contributed by atoms with Gasteiger partial charge in [-0.25, -0.2) is 0 Å². The van der Waals surface area contributed by atoms with Gasteiger partial charge < -0.3 is 25.8 Å². The summed E-state index contributed by atoms with van der Waals surface area (Å²) in [5.41, 5.74) is 12.2. The van der Waals surface area contributed by atoms with E-state index in [9.17, 15) is 14.4 Å². The summed E-state index contributed by atoms with van der Waals surface area (Å²) < 4.78 is 0. The van der Waals surface area contributed by atoms with Gasteiger partial charge in [0.1, 0.15) is 0 Å². The number of carbonyl (C=O) groups excluding carboxylic acids is 3. The normalized spacial score (nSPS) is 13.9. The lowest BCUT2D eigenvalue weighted by molar-refractivity contribution is -0.115. The van der Waals surface area contributed by atoms with Crippen molar-refractivity contribution in [3.05, 3.63) is 95.3 Å². The van der Waals surface area contributed by atoms with Gasteiger partial charge in [0.2, 0.25) is 5.91 Å². The zero-order valence-electron chi connectivity index (χ0n) is 23.6. The molecule has 0 spiro atoms. The fourth-order valence-corrected chi connectivity index (χ4v) is 5.69. The number of nitrogens with two attached hydrogens (primary N) is 1. The summed E-state index contributed by atoms with van der Waals surface area (Å²) in [5.74, 6) is -0.712. The number of piperazine rings is 1. The second-order valence-corrected chi connectivity index (χ2v) is 10.8. The second kappa shape index (κ2) is 11.1. The molecule has 3 aromatic carbocycles. The minimum atomic E-state index is -0.543. The summed E-state index contributed by atoms with van der Waals surface area (Å²) in [5, 5.41) is 4.74. The van der Waals surface area contributed by atoms with Gasteiger partial charge in [-0.1, -0.05) is 30.3 Å². The van der Waals surface area contributed by atoms with Crippen molar-refractivity contribution in [2.45, 2.75) is 13.3 Å². The lowest BCUT2D eigenvalue weighted by atomic mass is 9.93. The number of anilines is 1. The maximum Gasteiger partial charge on any atom is 0.254 e. The molecule has 5 aromatic rings. The molecular weight excluding hydrogens is 528 g/mol. The highest BCUT2D eigenvalue weighted by Crippen LogP contribution is 2.39. The first-order chi connectivity index (χ1) is 20.3. The van der Waals surface area contributed by atoms with E-state index in [-0.39, 0.29) is 18.2 Å². The van der Waals surface area contributed by atoms with Crippen LogP contribution in [0.25, 0.3) is 32.9 Å². The summed E-state index contributed by atoms with van der Waals surface area (Å²) in [6, 6.07) is 20.5. The molecule has 212 valence electrons. The van der Waals surface area contributed by atoms with Crippen molar-refractivity contribution in [3.63, 3.8) is 0 Å². The molecule has 1 aliphatic heterocycles. The van der Waals surface area contributed by atoms with Crippen LogP contribution in [0.1, 0.15) is 32.0 Å². The molecule has 0 aliphatic carbocycles. The van der Waals surface area contributed by atoms with E-state index >= 15 is 0 Å². The number of primary amides is 1. The lowest BCUT2D eigenvalue weighted by Gasteiger charge is -2.32. The number of carbonyl (C=O) groups is 3. The minimum absolute atomic E-state index is 0.0102. The fraction of sp³-hybridized carbons (Fsp3) is 0.212. The number of pyridine rings is 1. The SMILES string of the molecule is Cc1c(NC(=O)Cc2ccccn2)cccc1-c1ccc(C(N)=O)c2[nH]c3cc(C(=O)N4CCN(C)CC4)ccc3c12. The molecule has 9 heteroatoms. The van der Waals surface area contributed by atoms with Gasteiger partial charge in [-0.3, -0.25) is 19.4 Å². The molecule has 0 radical (unpaired) electrons. The van der Waals surface area contributed by atoms with Crippen molar-refractivity contribution in [2.24, 2.45) is 5.73 Å². The van der Waals surface area contributed by atoms with Crippen LogP contribution >= 0.6 is 0 Å². The number of hydrogen-bond acceptors (Lipinski definition) is 5. The topological polar surface area (TPSA) is 124 Å². The predicted octanol–water partition coefficient (Wildman–Crippen LogP) is 4.36. The Kier molecular flexibility index (Phi) is 7.18. The molecule has 9 nitrogen and oxygen atoms in total. The Morgan fingerprint density at radius 2 is 1.76 bits per heavy atom. The molecule has 0 unspecified atom stereocenters. The quantitative estimate of drug-likeness (QED) is 0.285. The summed E-state index contributed by atoms with van der Waals surface area (Å²) in [4.78, 5) is 50.3. The zero-order valence-corrected chi connectivity index (χ0v) is 23.6. The van der Waals surface area contributed by atoms with Crippen molar-refractivity contribution in [1.82, 2.24) is 19.8 Å². The lowest BCUT2D eigenvalue weighted by Crippen LogP contribution is -2.47. The number of hydrogen-bond donors (Lipinski definition) is 3. The standard InChI is InChI=1S/C33H32N6O3/c1-20-23(7-5-8-27(20)36-29(40)19-22-6-3-4-13-35-22)24-11-12-26(32(34)41)31-30(24)25-10-9-21(18-28(25)37-31)33(42)39-16-14-38(2)15-17-39/h3-13,18,37H,14-17,19H2,1-2H3,(H2,34,41)(H,36,40). The molecule has 2 aromatic heterocycles. The highest BCUT2D eigenvalue weighted by atomic mass is 16.2. The largest absolute Gasteiger partial charge is 0.366 e. The van der Waals surface area contributed by atoms with E-state index in [2.05, 4.69) is 27.2 Å². The maximum atomic E-state index is 13.3. The number of nitrogens with zero attached hydrogens (tertiary/aromatic N) is 3. The number of H-pyrrole nitrogens is 1. The van der Waals surface area contributed by atoms with Gasteiger partial charge >= 0.3 is 0 Å². The highest BCUT2D eigenvalue weighted by Gasteiger charge is 2.23. The van der Waals surface area contributed by atoms with Gasteiger partial charge in [0.05, 0.1) is 17.5 Å². The Hall–Kier alpha value is -5.02. The van der Waals surface area contributed by atoms with Crippen LogP contribution in [0.3, 0.4) is 0 Å². The summed E-state index contributed by atoms with van der Waals surface area (Å²) in [7, 11) is 2.06. The van der Waals surface area contributed by atoms with Crippen molar-refractivity contribution < 1.29 is 14.4 Å². The average molecular weight is 561 g/mol. The van der Waals surface area contributed by atoms with Crippen LogP contribution in [0.15, 0.2) is 72.9 Å². The van der Waals surface area contributed by atoms with Crippen LogP contribution in [-0.4, -0.2) is 70.7 Å². The smallest absolute Gasteiger partial charge is 0.254 e. The Morgan fingerprint density at radius 1 is 0.952 bits per heavy atom. The van der Waals surface area contributed by atoms with Gasteiger partial charge in [0, 0.05) is 65.6 Å². The van der Waals surface area contributed by atoms with Crippen LogP contribution in [0.4, 0.5) is 5.69 Å². The number of rotatable bonds is 6. The first-order valence-electron chi connectivity index (χ1n) is 14.0. The number of amides is 3. The Morgan fingerprint density at radius 3 is 2.50 bits per heavy atom. The number of aromatic amines is 1. The third kappa shape index (κ3) is 5.10. The fourth-order valence-electron chi connectivity index (χ4n) is 5.69. The molecule has 3 heterocycles. The molecule has 1 saturated heterocycles. The first kappa shape index (κ1) is 27.2. The summed E-state index contributed by atoms with van der Waals surface area (Å²) in [6.07, 6.45) is 1.83. The van der Waals surface area contributed by atoms with Crippen LogP contribution in [0, 0.1) is 6.92 Å². The second-order valence-electron chi connectivity index (χ2n) is 10.8. The molecule has 42 heavy (non-hydrogen) atoms. The third-order valence-electron chi connectivity index (χ3n) is 8.02. The Labute approximate surface area is 243 Å². The molecule has 1 aliphatic rings. The number of benzene rings is 3. The van der Waals surface area contributed by atoms with Gasteiger partial charge in [-0.05, 0) is 67.1 Å². The van der Waals surface area contributed by atoms with Gasteiger partial charge in [-0.2, -0.15) is 0 Å². The van der Waals surface area contributed by atoms with Crippen LogP contribution in [0.5, 0.6) is 0 Å². The molecule has 4 N–H and O–H groups in total. The van der Waals surface area contributed by atoms with Gasteiger partial charge in [0.25, 0.3) is 11.8 Å². The Balaban J connectivity index is 1.40. The number of aromatic nitrogens is 2. The highest BCUT2D eigenvalue weighted by molar-refractivity contribution is 6.20.